The van der Waals surface area contributed by atoms with Gasteiger partial charge in [0.25, 0.3) is 0 Å². The topological polar surface area (TPSA) is 44.9 Å². The summed E-state index contributed by atoms with van der Waals surface area (Å²) in [6, 6.07) is 27.3. The van der Waals surface area contributed by atoms with Gasteiger partial charge in [-0.3, -0.25) is 4.99 Å². The van der Waals surface area contributed by atoms with Crippen LogP contribution in [0, 0.1) is 6.92 Å². The van der Waals surface area contributed by atoms with E-state index in [2.05, 4.69) is 74.0 Å². The highest BCUT2D eigenvalue weighted by molar-refractivity contribution is 9.10. The van der Waals surface area contributed by atoms with E-state index in [4.69, 9.17) is 9.41 Å². The molecular formula is C30H23BrN4O. The van der Waals surface area contributed by atoms with Gasteiger partial charge in [-0.15, -0.1) is 0 Å². The predicted octanol–water partition coefficient (Wildman–Crippen LogP) is 7.61. The van der Waals surface area contributed by atoms with Crippen molar-refractivity contribution in [3.05, 3.63) is 106 Å². The zero-order valence-corrected chi connectivity index (χ0v) is 21.4. The largest absolute Gasteiger partial charge is 0.436 e. The summed E-state index contributed by atoms with van der Waals surface area (Å²) in [7, 11) is 0. The van der Waals surface area contributed by atoms with E-state index in [1.165, 1.54) is 28.1 Å². The molecule has 1 aromatic heterocycles. The third kappa shape index (κ3) is 3.78. The van der Waals surface area contributed by atoms with Crippen molar-refractivity contribution >= 4 is 50.3 Å². The lowest BCUT2D eigenvalue weighted by Crippen LogP contribution is -2.46. The highest BCUT2D eigenvalue weighted by atomic mass is 79.9. The number of anilines is 2. The number of nitrogens with zero attached hydrogens (tertiary/aromatic N) is 4. The van der Waals surface area contributed by atoms with Gasteiger partial charge in [0.1, 0.15) is 5.52 Å². The lowest BCUT2D eigenvalue weighted by molar-refractivity contribution is 0.620. The highest BCUT2D eigenvalue weighted by Crippen LogP contribution is 2.39. The number of halogens is 1. The first-order valence-electron chi connectivity index (χ1n) is 12.0. The van der Waals surface area contributed by atoms with E-state index in [0.29, 0.717) is 5.89 Å². The van der Waals surface area contributed by atoms with Gasteiger partial charge in [0, 0.05) is 40.7 Å². The van der Waals surface area contributed by atoms with Crippen LogP contribution < -0.4 is 9.80 Å². The summed E-state index contributed by atoms with van der Waals surface area (Å²) < 4.78 is 7.06. The first-order valence-corrected chi connectivity index (χ1v) is 12.8. The van der Waals surface area contributed by atoms with Crippen molar-refractivity contribution in [1.82, 2.24) is 4.98 Å². The molecule has 0 amide bonds. The van der Waals surface area contributed by atoms with Crippen molar-refractivity contribution in [3.63, 3.8) is 0 Å². The Hall–Kier alpha value is -3.90. The zero-order chi connectivity index (χ0) is 24.2. The van der Waals surface area contributed by atoms with Crippen LogP contribution in [0.5, 0.6) is 0 Å². The Morgan fingerprint density at radius 1 is 0.861 bits per heavy atom. The molecule has 2 aliphatic heterocycles. The number of aryl methyl sites for hydroxylation is 1. The molecule has 0 fully saturated rings. The molecule has 0 unspecified atom stereocenters. The van der Waals surface area contributed by atoms with E-state index in [0.717, 1.165) is 52.1 Å². The fraction of sp³-hybridized carbons (Fsp3) is 0.133. The minimum atomic E-state index is 0.630. The standard InChI is InChI=1S/C30H23BrN4O/c1-19-2-11-29-26(12-19)33-30(36-29)21-4-7-25(8-5-21)32-15-20-3-9-27-22(13-20)16-34-18-35(27)17-23-14-24(31)6-10-28(23)34/h2-15H,16-18H2,1H3. The molecule has 5 aromatic rings. The molecule has 0 atom stereocenters. The van der Waals surface area contributed by atoms with E-state index in [9.17, 15) is 0 Å². The summed E-state index contributed by atoms with van der Waals surface area (Å²) in [5, 5.41) is 0. The number of hydrogen-bond acceptors (Lipinski definition) is 5. The summed E-state index contributed by atoms with van der Waals surface area (Å²) in [5.41, 5.74) is 11.1. The van der Waals surface area contributed by atoms with Crippen molar-refractivity contribution < 1.29 is 4.42 Å². The maximum absolute atomic E-state index is 5.93. The van der Waals surface area contributed by atoms with Gasteiger partial charge in [-0.1, -0.05) is 28.1 Å². The van der Waals surface area contributed by atoms with Gasteiger partial charge in [-0.05, 0) is 95.9 Å². The molecule has 0 aliphatic carbocycles. The molecule has 2 bridgehead atoms. The van der Waals surface area contributed by atoms with Gasteiger partial charge < -0.3 is 14.2 Å². The van der Waals surface area contributed by atoms with Crippen molar-refractivity contribution in [1.29, 1.82) is 0 Å². The Morgan fingerprint density at radius 3 is 2.42 bits per heavy atom. The molecule has 0 spiro atoms. The van der Waals surface area contributed by atoms with Crippen molar-refractivity contribution in [2.45, 2.75) is 20.0 Å². The molecule has 5 nitrogen and oxygen atoms in total. The van der Waals surface area contributed by atoms with E-state index >= 15 is 0 Å². The van der Waals surface area contributed by atoms with Crippen LogP contribution in [-0.2, 0) is 13.1 Å². The summed E-state index contributed by atoms with van der Waals surface area (Å²) in [6.45, 7) is 4.82. The lowest BCUT2D eigenvalue weighted by Gasteiger charge is -2.44. The summed E-state index contributed by atoms with van der Waals surface area (Å²) in [5.74, 6) is 0.630. The number of fused-ring (bicyclic) bond motifs is 7. The van der Waals surface area contributed by atoms with E-state index in [1.54, 1.807) is 0 Å². The van der Waals surface area contributed by atoms with Crippen LogP contribution in [0.1, 0.15) is 22.3 Å². The molecular weight excluding hydrogens is 512 g/mol. The third-order valence-corrected chi connectivity index (χ3v) is 7.40. The average Bonchev–Trinajstić information content (AvgIpc) is 3.31. The summed E-state index contributed by atoms with van der Waals surface area (Å²) in [4.78, 5) is 14.2. The molecule has 0 saturated carbocycles. The maximum atomic E-state index is 5.93. The number of rotatable bonds is 3. The molecule has 4 aromatic carbocycles. The third-order valence-electron chi connectivity index (χ3n) is 6.91. The Bertz CT molecular complexity index is 1650. The molecule has 36 heavy (non-hydrogen) atoms. The lowest BCUT2D eigenvalue weighted by atomic mass is 10.0. The second-order valence-corrected chi connectivity index (χ2v) is 10.4. The van der Waals surface area contributed by atoms with Crippen LogP contribution in [0.3, 0.4) is 0 Å². The quantitative estimate of drug-likeness (QED) is 0.223. The molecule has 3 heterocycles. The smallest absolute Gasteiger partial charge is 0.227 e. The second kappa shape index (κ2) is 8.35. The van der Waals surface area contributed by atoms with E-state index in [-0.39, 0.29) is 0 Å². The first-order chi connectivity index (χ1) is 17.6. The molecule has 2 aliphatic rings. The molecule has 6 heteroatoms. The monoisotopic (exact) mass is 534 g/mol. The normalized spacial score (nSPS) is 14.4. The fourth-order valence-electron chi connectivity index (χ4n) is 5.15. The first kappa shape index (κ1) is 21.4. The molecule has 0 saturated heterocycles. The molecule has 176 valence electrons. The number of oxazole rings is 1. The Balaban J connectivity index is 1.11. The van der Waals surface area contributed by atoms with Gasteiger partial charge in [-0.2, -0.15) is 0 Å². The van der Waals surface area contributed by atoms with Crippen molar-refractivity contribution in [3.8, 4) is 11.5 Å². The van der Waals surface area contributed by atoms with Gasteiger partial charge in [0.15, 0.2) is 5.58 Å². The zero-order valence-electron chi connectivity index (χ0n) is 19.8. The summed E-state index contributed by atoms with van der Waals surface area (Å²) >= 11 is 3.61. The highest BCUT2D eigenvalue weighted by Gasteiger charge is 2.29. The predicted molar refractivity (Wildman–Crippen MR) is 149 cm³/mol. The average molecular weight is 535 g/mol. The van der Waals surface area contributed by atoms with Crippen LogP contribution in [0.25, 0.3) is 22.6 Å². The molecule has 7 rings (SSSR count). The SMILES string of the molecule is Cc1ccc2oc(-c3ccc(N=Cc4ccc5c(c4)CN4CN5Cc5cc(Br)ccc54)cc3)nc2c1. The molecule has 0 N–H and O–H groups in total. The van der Waals surface area contributed by atoms with Crippen LogP contribution in [0.15, 0.2) is 92.7 Å². The van der Waals surface area contributed by atoms with Crippen LogP contribution in [-0.4, -0.2) is 17.9 Å². The van der Waals surface area contributed by atoms with Crippen LogP contribution in [0.4, 0.5) is 17.1 Å². The van der Waals surface area contributed by atoms with Gasteiger partial charge in [0.2, 0.25) is 5.89 Å². The minimum Gasteiger partial charge on any atom is -0.436 e. The Labute approximate surface area is 217 Å². The Kier molecular flexibility index (Phi) is 4.96. The van der Waals surface area contributed by atoms with E-state index in [1.807, 2.05) is 48.7 Å². The fourth-order valence-corrected chi connectivity index (χ4v) is 5.56. The van der Waals surface area contributed by atoms with Crippen LogP contribution in [0.2, 0.25) is 0 Å². The van der Waals surface area contributed by atoms with Crippen molar-refractivity contribution in [2.75, 3.05) is 16.5 Å². The Morgan fingerprint density at radius 2 is 1.61 bits per heavy atom. The number of hydrogen-bond donors (Lipinski definition) is 0. The minimum absolute atomic E-state index is 0.630. The summed E-state index contributed by atoms with van der Waals surface area (Å²) in [6.07, 6.45) is 1.94. The maximum Gasteiger partial charge on any atom is 0.227 e. The molecule has 0 radical (unpaired) electrons. The van der Waals surface area contributed by atoms with Gasteiger partial charge in [0.05, 0.1) is 12.4 Å². The van der Waals surface area contributed by atoms with Crippen LogP contribution >= 0.6 is 15.9 Å². The van der Waals surface area contributed by atoms with Gasteiger partial charge in [-0.25, -0.2) is 4.98 Å². The number of aromatic nitrogens is 1. The second-order valence-electron chi connectivity index (χ2n) is 9.49. The van der Waals surface area contributed by atoms with E-state index < -0.39 is 0 Å². The number of benzene rings is 4. The van der Waals surface area contributed by atoms with Gasteiger partial charge >= 0.3 is 0 Å². The number of aliphatic imine (C=N–C) groups is 1. The van der Waals surface area contributed by atoms with Crippen molar-refractivity contribution in [2.24, 2.45) is 4.99 Å².